The average molecular weight is 611 g/mol. The fraction of sp³-hybridized carbons (Fsp3) is 0.0968. The molecule has 208 valence electrons. The molecule has 0 aliphatic rings. The number of fused-ring (bicyclic) bond motifs is 2. The van der Waals surface area contributed by atoms with Crippen LogP contribution in [0, 0.1) is 0 Å². The van der Waals surface area contributed by atoms with Gasteiger partial charge in [0.15, 0.2) is 0 Å². The lowest BCUT2D eigenvalue weighted by Gasteiger charge is -2.08. The van der Waals surface area contributed by atoms with Crippen molar-refractivity contribution >= 4 is 56.1 Å². The molecule has 0 spiro atoms. The molecule has 7 aromatic heterocycles. The summed E-state index contributed by atoms with van der Waals surface area (Å²) >= 11 is 4.77. The van der Waals surface area contributed by atoms with Gasteiger partial charge in [0.2, 0.25) is 11.8 Å². The first-order valence-corrected chi connectivity index (χ1v) is 15.3. The number of rotatable bonds is 5. The molecule has 7 aromatic rings. The van der Waals surface area contributed by atoms with Crippen molar-refractivity contribution in [2.24, 2.45) is 14.1 Å². The number of aromatic nitrogens is 4. The molecule has 11 heteroatoms. The Labute approximate surface area is 251 Å². The number of ether oxygens (including phenoxy) is 1. The van der Waals surface area contributed by atoms with Crippen LogP contribution in [0.3, 0.4) is 0 Å². The maximum atomic E-state index is 13.2. The summed E-state index contributed by atoms with van der Waals surface area (Å²) in [5.41, 5.74) is 3.61. The monoisotopic (exact) mass is 610 g/mol. The quantitative estimate of drug-likeness (QED) is 0.232. The zero-order valence-corrected chi connectivity index (χ0v) is 25.1. The maximum Gasteiger partial charge on any atom is 0.259 e. The molecule has 0 fully saturated rings. The Morgan fingerprint density at radius 2 is 1.05 bits per heavy atom. The third-order valence-corrected chi connectivity index (χ3v) is 10.9. The molecular formula is C31H22N4O4S3. The second-order valence-electron chi connectivity index (χ2n) is 9.67. The summed E-state index contributed by atoms with van der Waals surface area (Å²) in [5.74, 6) is 0.415. The van der Waals surface area contributed by atoms with E-state index in [-0.39, 0.29) is 17.0 Å². The highest BCUT2D eigenvalue weighted by molar-refractivity contribution is 7.27. The highest BCUT2D eigenvalue weighted by Gasteiger charge is 2.17. The zero-order valence-electron chi connectivity index (χ0n) is 22.6. The van der Waals surface area contributed by atoms with Crippen molar-refractivity contribution in [3.8, 4) is 52.1 Å². The van der Waals surface area contributed by atoms with E-state index in [9.17, 15) is 14.7 Å². The fourth-order valence-electron chi connectivity index (χ4n) is 4.96. The molecule has 7 heterocycles. The number of hydrogen-bond donors (Lipinski definition) is 1. The second-order valence-corrected chi connectivity index (χ2v) is 12.9. The van der Waals surface area contributed by atoms with E-state index >= 15 is 0 Å². The summed E-state index contributed by atoms with van der Waals surface area (Å²) in [6, 6.07) is 22.5. The van der Waals surface area contributed by atoms with Crippen molar-refractivity contribution in [1.29, 1.82) is 0 Å². The average Bonchev–Trinajstić information content (AvgIpc) is 3.77. The highest BCUT2D eigenvalue weighted by Crippen LogP contribution is 2.43. The molecule has 8 nitrogen and oxygen atoms in total. The minimum atomic E-state index is -0.116. The summed E-state index contributed by atoms with van der Waals surface area (Å²) < 4.78 is 8.46. The number of methoxy groups -OCH3 is 1. The Kier molecular flexibility index (Phi) is 6.30. The van der Waals surface area contributed by atoms with Crippen LogP contribution in [-0.4, -0.2) is 31.3 Å². The first kappa shape index (κ1) is 26.3. The molecule has 7 rings (SSSR count). The molecule has 0 bridgehead atoms. The van der Waals surface area contributed by atoms with Gasteiger partial charge in [0.25, 0.3) is 11.1 Å². The van der Waals surface area contributed by atoms with Gasteiger partial charge in [0.05, 0.1) is 40.3 Å². The Bertz CT molecular complexity index is 2290. The van der Waals surface area contributed by atoms with E-state index in [1.54, 1.807) is 82.5 Å². The summed E-state index contributed by atoms with van der Waals surface area (Å²) in [4.78, 5) is 41.0. The van der Waals surface area contributed by atoms with E-state index in [4.69, 9.17) is 4.74 Å². The van der Waals surface area contributed by atoms with Gasteiger partial charge in [-0.2, -0.15) is 0 Å². The van der Waals surface area contributed by atoms with Gasteiger partial charge in [0, 0.05) is 55.5 Å². The topological polar surface area (TPSA) is 99.2 Å². The number of thiophene rings is 3. The van der Waals surface area contributed by atoms with Crippen LogP contribution >= 0.6 is 34.0 Å². The van der Waals surface area contributed by atoms with Crippen LogP contribution in [0.4, 0.5) is 0 Å². The lowest BCUT2D eigenvalue weighted by Crippen LogP contribution is -2.18. The molecule has 0 aliphatic heterocycles. The number of hydrogen-bond acceptors (Lipinski definition) is 9. The molecule has 0 atom stereocenters. The van der Waals surface area contributed by atoms with Gasteiger partial charge >= 0.3 is 0 Å². The van der Waals surface area contributed by atoms with Gasteiger partial charge in [-0.1, -0.05) is 0 Å². The van der Waals surface area contributed by atoms with Crippen molar-refractivity contribution < 1.29 is 9.84 Å². The van der Waals surface area contributed by atoms with Crippen molar-refractivity contribution in [3.63, 3.8) is 0 Å². The predicted octanol–water partition coefficient (Wildman–Crippen LogP) is 6.75. The third kappa shape index (κ3) is 4.33. The first-order valence-electron chi connectivity index (χ1n) is 12.9. The van der Waals surface area contributed by atoms with E-state index in [1.165, 1.54) is 6.07 Å². The maximum absolute atomic E-state index is 13.2. The third-order valence-electron chi connectivity index (χ3n) is 7.16. The van der Waals surface area contributed by atoms with Gasteiger partial charge in [-0.15, -0.1) is 34.0 Å². The zero-order chi connectivity index (χ0) is 29.1. The lowest BCUT2D eigenvalue weighted by molar-refractivity contribution is 0.399. The number of aromatic hydroxyl groups is 1. The van der Waals surface area contributed by atoms with Crippen LogP contribution < -0.4 is 15.9 Å². The molecule has 0 saturated heterocycles. The highest BCUT2D eigenvalue weighted by atomic mass is 32.1. The molecule has 0 radical (unpaired) electrons. The van der Waals surface area contributed by atoms with Gasteiger partial charge in [-0.3, -0.25) is 9.59 Å². The first-order chi connectivity index (χ1) is 20.3. The smallest absolute Gasteiger partial charge is 0.259 e. The van der Waals surface area contributed by atoms with E-state index in [2.05, 4.69) is 22.1 Å². The molecule has 1 N–H and O–H groups in total. The Morgan fingerprint density at radius 3 is 1.55 bits per heavy atom. The number of aryl methyl sites for hydroxylation is 2. The summed E-state index contributed by atoms with van der Waals surface area (Å²) in [6.45, 7) is 0. The van der Waals surface area contributed by atoms with Crippen molar-refractivity contribution in [1.82, 2.24) is 19.1 Å². The van der Waals surface area contributed by atoms with Crippen LogP contribution in [0.1, 0.15) is 0 Å². The van der Waals surface area contributed by atoms with E-state index in [0.717, 1.165) is 34.8 Å². The molecule has 42 heavy (non-hydrogen) atoms. The van der Waals surface area contributed by atoms with E-state index in [1.807, 2.05) is 36.4 Å². The van der Waals surface area contributed by atoms with Crippen molar-refractivity contribution in [2.45, 2.75) is 0 Å². The molecule has 0 aromatic carbocycles. The van der Waals surface area contributed by atoms with E-state index in [0.29, 0.717) is 33.6 Å². The summed E-state index contributed by atoms with van der Waals surface area (Å²) in [5, 5.41) is 9.84. The van der Waals surface area contributed by atoms with Crippen LogP contribution in [0.25, 0.3) is 62.5 Å². The van der Waals surface area contributed by atoms with Crippen LogP contribution in [-0.2, 0) is 14.1 Å². The van der Waals surface area contributed by atoms with Gasteiger partial charge in [0.1, 0.15) is 0 Å². The summed E-state index contributed by atoms with van der Waals surface area (Å²) in [7, 11) is 5.04. The van der Waals surface area contributed by atoms with Gasteiger partial charge in [-0.05, 0) is 60.7 Å². The second kappa shape index (κ2) is 10.1. The molecule has 0 aliphatic carbocycles. The molecule has 0 unspecified atom stereocenters. The fourth-order valence-corrected chi connectivity index (χ4v) is 8.18. The molecule has 0 amide bonds. The Balaban J connectivity index is 1.21. The van der Waals surface area contributed by atoms with Crippen LogP contribution in [0.5, 0.6) is 11.8 Å². The SMILES string of the molecule is COc1ccc2c(cc(-c3ccc(-c4ccc(-c5ccc(-c6cc7nc(O)ccc7n(C)c6=O)s5)s4)s3)c(=O)n2C)n1. The van der Waals surface area contributed by atoms with Gasteiger partial charge in [-0.25, -0.2) is 9.97 Å². The number of nitrogens with zero attached hydrogens (tertiary/aromatic N) is 4. The van der Waals surface area contributed by atoms with Crippen LogP contribution in [0.15, 0.2) is 82.4 Å². The summed E-state index contributed by atoms with van der Waals surface area (Å²) in [6.07, 6.45) is 0. The van der Waals surface area contributed by atoms with E-state index < -0.39 is 0 Å². The predicted molar refractivity (Wildman–Crippen MR) is 171 cm³/mol. The minimum absolute atomic E-state index is 0.0777. The molecule has 0 saturated carbocycles. The largest absolute Gasteiger partial charge is 0.493 e. The number of pyridine rings is 4. The minimum Gasteiger partial charge on any atom is -0.493 e. The Hall–Kier alpha value is -4.58. The molecular weight excluding hydrogens is 589 g/mol. The van der Waals surface area contributed by atoms with Crippen molar-refractivity contribution in [2.75, 3.05) is 7.11 Å². The van der Waals surface area contributed by atoms with Crippen LogP contribution in [0.2, 0.25) is 0 Å². The standard InChI is InChI=1S/C31H22N4O4S3/c1-34-20-4-12-28(36)32-18(20)14-16(30(34)37)22-6-8-24(40-22)26-10-11-27(42-26)25-9-7-23(41-25)17-15-19-21(35(2)31(17)38)5-13-29(33-19)39-3/h4-15H,1-3H3,(H,32,36). The normalized spacial score (nSPS) is 11.5. The van der Waals surface area contributed by atoms with Gasteiger partial charge < -0.3 is 19.0 Å². The lowest BCUT2D eigenvalue weighted by atomic mass is 10.2. The Morgan fingerprint density at radius 1 is 0.619 bits per heavy atom. The van der Waals surface area contributed by atoms with Crippen molar-refractivity contribution in [3.05, 3.63) is 93.5 Å².